The van der Waals surface area contributed by atoms with Gasteiger partial charge in [0.1, 0.15) is 0 Å². The summed E-state index contributed by atoms with van der Waals surface area (Å²) in [5.74, 6) is 1.38. The smallest absolute Gasteiger partial charge is 0.261 e. The van der Waals surface area contributed by atoms with Crippen molar-refractivity contribution >= 4 is 29.5 Å². The van der Waals surface area contributed by atoms with E-state index in [9.17, 15) is 14.4 Å². The lowest BCUT2D eigenvalue weighted by Crippen LogP contribution is -2.59. The standard InChI is InChI=1S/C25H27N3O4S/c29-22(26-16-25(8-13-33-17-25)27-9-11-32-12-10-27)19-5-3-4-18(14-19)15-28-23(30)20-6-1-2-7-21(20)24(28)31/h1-7,14H,8-13,15-17H2,(H,26,29). The van der Waals surface area contributed by atoms with E-state index in [1.165, 1.54) is 4.90 Å². The molecule has 5 rings (SSSR count). The molecule has 3 heterocycles. The highest BCUT2D eigenvalue weighted by atomic mass is 32.2. The first-order chi connectivity index (χ1) is 16.1. The lowest BCUT2D eigenvalue weighted by atomic mass is 9.95. The highest BCUT2D eigenvalue weighted by molar-refractivity contribution is 7.99. The zero-order chi connectivity index (χ0) is 22.8. The Morgan fingerprint density at radius 3 is 2.42 bits per heavy atom. The molecule has 8 heteroatoms. The van der Waals surface area contributed by atoms with E-state index < -0.39 is 0 Å². The van der Waals surface area contributed by atoms with Crippen molar-refractivity contribution in [2.45, 2.75) is 18.5 Å². The van der Waals surface area contributed by atoms with Crippen LogP contribution in [0.25, 0.3) is 0 Å². The van der Waals surface area contributed by atoms with Crippen LogP contribution in [0.3, 0.4) is 0 Å². The van der Waals surface area contributed by atoms with Crippen molar-refractivity contribution in [1.29, 1.82) is 0 Å². The molecule has 33 heavy (non-hydrogen) atoms. The summed E-state index contributed by atoms with van der Waals surface area (Å²) in [4.78, 5) is 42.1. The number of fused-ring (bicyclic) bond motifs is 1. The largest absolute Gasteiger partial charge is 0.379 e. The van der Waals surface area contributed by atoms with Crippen LogP contribution >= 0.6 is 11.8 Å². The molecule has 1 N–H and O–H groups in total. The third kappa shape index (κ3) is 4.30. The van der Waals surface area contributed by atoms with Gasteiger partial charge in [-0.3, -0.25) is 24.2 Å². The van der Waals surface area contributed by atoms with Crippen molar-refractivity contribution in [2.75, 3.05) is 44.4 Å². The molecular formula is C25H27N3O4S. The number of carbonyl (C=O) groups is 3. The van der Waals surface area contributed by atoms with Crippen LogP contribution in [0.1, 0.15) is 43.1 Å². The van der Waals surface area contributed by atoms with Crippen LogP contribution < -0.4 is 5.32 Å². The number of imide groups is 1. The van der Waals surface area contributed by atoms with Gasteiger partial charge in [-0.15, -0.1) is 0 Å². The quantitative estimate of drug-likeness (QED) is 0.661. The Bertz CT molecular complexity index is 1040. The van der Waals surface area contributed by atoms with Crippen LogP contribution in [0.5, 0.6) is 0 Å². The molecule has 0 spiro atoms. The summed E-state index contributed by atoms with van der Waals surface area (Å²) in [6, 6.07) is 14.0. The Morgan fingerprint density at radius 1 is 1.03 bits per heavy atom. The average Bonchev–Trinajstić information content (AvgIpc) is 3.44. The van der Waals surface area contributed by atoms with E-state index >= 15 is 0 Å². The number of amides is 3. The molecule has 0 aromatic heterocycles. The molecule has 0 aliphatic carbocycles. The maximum Gasteiger partial charge on any atom is 0.261 e. The molecule has 3 aliphatic rings. The van der Waals surface area contributed by atoms with E-state index in [0.717, 1.165) is 49.8 Å². The molecule has 0 radical (unpaired) electrons. The minimum Gasteiger partial charge on any atom is -0.379 e. The Kier molecular flexibility index (Phi) is 6.23. The summed E-state index contributed by atoms with van der Waals surface area (Å²) in [5, 5.41) is 3.15. The van der Waals surface area contributed by atoms with Crippen LogP contribution in [-0.2, 0) is 11.3 Å². The van der Waals surface area contributed by atoms with E-state index in [1.807, 2.05) is 17.8 Å². The minimum absolute atomic E-state index is 0.0259. The number of carbonyl (C=O) groups excluding carboxylic acids is 3. The molecule has 2 fully saturated rings. The zero-order valence-electron chi connectivity index (χ0n) is 18.4. The SMILES string of the molecule is O=C(NCC1(N2CCOCC2)CCSC1)c1cccc(CN2C(=O)c3ccccc3C2=O)c1. The van der Waals surface area contributed by atoms with Gasteiger partial charge in [0, 0.05) is 36.5 Å². The Hall–Kier alpha value is -2.68. The highest BCUT2D eigenvalue weighted by Gasteiger charge is 2.41. The van der Waals surface area contributed by atoms with Crippen molar-refractivity contribution in [2.24, 2.45) is 0 Å². The van der Waals surface area contributed by atoms with Gasteiger partial charge in [-0.05, 0) is 42.0 Å². The molecule has 1 unspecified atom stereocenters. The second-order valence-corrected chi connectivity index (χ2v) is 9.86. The number of morpholine rings is 1. The maximum absolute atomic E-state index is 13.0. The molecule has 7 nitrogen and oxygen atoms in total. The molecule has 2 aromatic carbocycles. The lowest BCUT2D eigenvalue weighted by molar-refractivity contribution is -0.0129. The fraction of sp³-hybridized carbons (Fsp3) is 0.400. The van der Waals surface area contributed by atoms with E-state index in [4.69, 9.17) is 4.74 Å². The fourth-order valence-corrected chi connectivity index (χ4v) is 6.34. The van der Waals surface area contributed by atoms with Gasteiger partial charge in [0.15, 0.2) is 0 Å². The molecule has 2 aromatic rings. The van der Waals surface area contributed by atoms with Gasteiger partial charge in [0.05, 0.1) is 30.9 Å². The van der Waals surface area contributed by atoms with Gasteiger partial charge in [0.2, 0.25) is 0 Å². The lowest BCUT2D eigenvalue weighted by Gasteiger charge is -2.43. The van der Waals surface area contributed by atoms with E-state index in [-0.39, 0.29) is 29.8 Å². The van der Waals surface area contributed by atoms with Crippen LogP contribution in [-0.4, -0.2) is 77.4 Å². The van der Waals surface area contributed by atoms with Crippen molar-refractivity contribution in [3.05, 3.63) is 70.8 Å². The Balaban J connectivity index is 1.26. The molecule has 0 bridgehead atoms. The van der Waals surface area contributed by atoms with E-state index in [1.54, 1.807) is 42.5 Å². The minimum atomic E-state index is -0.295. The number of ether oxygens (including phenoxy) is 1. The topological polar surface area (TPSA) is 79.0 Å². The second-order valence-electron chi connectivity index (χ2n) is 8.75. The molecular weight excluding hydrogens is 438 g/mol. The first-order valence-corrected chi connectivity index (χ1v) is 12.5. The third-order valence-corrected chi connectivity index (χ3v) is 7.98. The summed E-state index contributed by atoms with van der Waals surface area (Å²) in [7, 11) is 0. The second kappa shape index (κ2) is 9.29. The molecule has 1 atom stereocenters. The normalized spacial score (nSPS) is 23.1. The number of hydrogen-bond donors (Lipinski definition) is 1. The van der Waals surface area contributed by atoms with Gasteiger partial charge in [0.25, 0.3) is 17.7 Å². The van der Waals surface area contributed by atoms with Gasteiger partial charge in [-0.2, -0.15) is 11.8 Å². The van der Waals surface area contributed by atoms with Crippen molar-refractivity contribution in [3.63, 3.8) is 0 Å². The first kappa shape index (κ1) is 22.1. The van der Waals surface area contributed by atoms with Crippen molar-refractivity contribution in [1.82, 2.24) is 15.1 Å². The molecule has 3 aliphatic heterocycles. The number of nitrogens with one attached hydrogen (secondary N) is 1. The summed E-state index contributed by atoms with van der Waals surface area (Å²) in [6.07, 6.45) is 1.05. The molecule has 0 saturated carbocycles. The van der Waals surface area contributed by atoms with Gasteiger partial charge < -0.3 is 10.1 Å². The number of hydrogen-bond acceptors (Lipinski definition) is 6. The highest BCUT2D eigenvalue weighted by Crippen LogP contribution is 2.33. The van der Waals surface area contributed by atoms with Crippen LogP contribution in [0.2, 0.25) is 0 Å². The Labute approximate surface area is 197 Å². The summed E-state index contributed by atoms with van der Waals surface area (Å²) < 4.78 is 5.51. The number of nitrogens with zero attached hydrogens (tertiary/aromatic N) is 2. The summed E-state index contributed by atoms with van der Waals surface area (Å²) in [5.41, 5.74) is 2.11. The van der Waals surface area contributed by atoms with E-state index in [0.29, 0.717) is 23.2 Å². The van der Waals surface area contributed by atoms with E-state index in [2.05, 4.69) is 10.2 Å². The molecule has 3 amide bonds. The maximum atomic E-state index is 13.0. The zero-order valence-corrected chi connectivity index (χ0v) is 19.2. The summed E-state index contributed by atoms with van der Waals surface area (Å²) in [6.45, 7) is 4.00. The van der Waals surface area contributed by atoms with Gasteiger partial charge in [-0.25, -0.2) is 0 Å². The molecule has 2 saturated heterocycles. The predicted octanol–water partition coefficient (Wildman–Crippen LogP) is 2.42. The van der Waals surface area contributed by atoms with Crippen molar-refractivity contribution < 1.29 is 19.1 Å². The third-order valence-electron chi connectivity index (χ3n) is 6.75. The number of benzene rings is 2. The van der Waals surface area contributed by atoms with Crippen LogP contribution in [0, 0.1) is 0 Å². The monoisotopic (exact) mass is 465 g/mol. The average molecular weight is 466 g/mol. The first-order valence-electron chi connectivity index (χ1n) is 11.3. The predicted molar refractivity (Wildman–Crippen MR) is 126 cm³/mol. The number of rotatable bonds is 6. The van der Waals surface area contributed by atoms with Gasteiger partial charge in [-0.1, -0.05) is 24.3 Å². The Morgan fingerprint density at radius 2 is 1.76 bits per heavy atom. The number of thioether (sulfide) groups is 1. The summed E-state index contributed by atoms with van der Waals surface area (Å²) >= 11 is 1.93. The van der Waals surface area contributed by atoms with Crippen LogP contribution in [0.4, 0.5) is 0 Å². The van der Waals surface area contributed by atoms with Crippen molar-refractivity contribution in [3.8, 4) is 0 Å². The van der Waals surface area contributed by atoms with Crippen LogP contribution in [0.15, 0.2) is 48.5 Å². The fourth-order valence-electron chi connectivity index (χ4n) is 4.86. The molecule has 172 valence electrons. The van der Waals surface area contributed by atoms with Gasteiger partial charge >= 0.3 is 0 Å².